The fraction of sp³-hybridized carbons (Fsp3) is 0.0476. The molecule has 9 heteroatoms. The Morgan fingerprint density at radius 2 is 1.67 bits per heavy atom. The molecule has 0 unspecified atom stereocenters. The fourth-order valence-electron chi connectivity index (χ4n) is 2.59. The van der Waals surface area contributed by atoms with Crippen molar-refractivity contribution in [3.05, 3.63) is 89.0 Å². The van der Waals surface area contributed by atoms with Gasteiger partial charge in [-0.15, -0.1) is 0 Å². The van der Waals surface area contributed by atoms with Crippen LogP contribution in [0.4, 0.5) is 0 Å². The summed E-state index contributed by atoms with van der Waals surface area (Å²) in [6.45, 7) is 1.82. The number of fused-ring (bicyclic) bond motifs is 2. The number of benzene rings is 2. The van der Waals surface area contributed by atoms with E-state index in [0.29, 0.717) is 27.3 Å². The molecule has 0 saturated carbocycles. The van der Waals surface area contributed by atoms with E-state index in [9.17, 15) is 14.4 Å². The van der Waals surface area contributed by atoms with E-state index in [-0.39, 0.29) is 32.5 Å². The first-order valence-corrected chi connectivity index (χ1v) is 9.37. The molecular weight excluding hydrogens is 453 g/mol. The Bertz CT molecular complexity index is 1460. The number of hydrogen-bond donors (Lipinski definition) is 0. The van der Waals surface area contributed by atoms with Crippen molar-refractivity contribution in [1.29, 1.82) is 5.26 Å². The number of aryl methyl sites for hydroxylation is 1. The lowest BCUT2D eigenvalue weighted by molar-refractivity contribution is 0.112. The first-order chi connectivity index (χ1) is 14.3. The lowest BCUT2D eigenvalue weighted by atomic mass is 10.1. The third-order valence-corrected chi connectivity index (χ3v) is 5.03. The average molecular weight is 463 g/mol. The zero-order valence-corrected chi connectivity index (χ0v) is 17.4. The fourth-order valence-corrected chi connectivity index (χ4v) is 3.29. The Morgan fingerprint density at radius 3 is 2.33 bits per heavy atom. The highest BCUT2D eigenvalue weighted by atomic mass is 35.5. The molecule has 4 rings (SSSR count). The van der Waals surface area contributed by atoms with Gasteiger partial charge in [0.2, 0.25) is 10.9 Å². The summed E-state index contributed by atoms with van der Waals surface area (Å²) in [5, 5.41) is 10.3. The third-order valence-electron chi connectivity index (χ3n) is 4.12. The quantitative estimate of drug-likeness (QED) is 0.344. The molecule has 0 radical (unpaired) electrons. The monoisotopic (exact) mass is 461 g/mol. The molecule has 2 heterocycles. The molecule has 0 bridgehead atoms. The second-order valence-electron chi connectivity index (χ2n) is 6.09. The van der Waals surface area contributed by atoms with E-state index in [1.807, 2.05) is 6.92 Å². The van der Waals surface area contributed by atoms with Gasteiger partial charge in [-0.05, 0) is 36.8 Å². The highest BCUT2D eigenvalue weighted by Gasteiger charge is 2.10. The summed E-state index contributed by atoms with van der Waals surface area (Å²) in [5.41, 5.74) is 0.661. The van der Waals surface area contributed by atoms with Gasteiger partial charge in [0.05, 0.1) is 21.4 Å². The summed E-state index contributed by atoms with van der Waals surface area (Å²) < 4.78 is 10.2. The maximum absolute atomic E-state index is 11.7. The summed E-state index contributed by atoms with van der Waals surface area (Å²) in [7, 11) is 0. The maximum Gasteiger partial charge on any atom is 0.210 e. The predicted molar refractivity (Wildman–Crippen MR) is 115 cm³/mol. The molecule has 2 aromatic heterocycles. The van der Waals surface area contributed by atoms with Crippen LogP contribution in [0, 0.1) is 18.3 Å². The summed E-state index contributed by atoms with van der Waals surface area (Å²) >= 11 is 17.5. The maximum atomic E-state index is 11.7. The Kier molecular flexibility index (Phi) is 6.28. The lowest BCUT2D eigenvalue weighted by Gasteiger charge is -2.00. The number of rotatable bonds is 1. The smallest absolute Gasteiger partial charge is 0.210 e. The Morgan fingerprint density at radius 1 is 0.933 bits per heavy atom. The minimum absolute atomic E-state index is 0.0116. The normalized spacial score (nSPS) is 10.4. The van der Waals surface area contributed by atoms with E-state index in [0.717, 1.165) is 18.1 Å². The molecule has 0 saturated heterocycles. The van der Waals surface area contributed by atoms with Crippen molar-refractivity contribution in [2.45, 2.75) is 6.92 Å². The van der Waals surface area contributed by atoms with Gasteiger partial charge in [0.1, 0.15) is 29.7 Å². The van der Waals surface area contributed by atoms with Crippen LogP contribution in [0.5, 0.6) is 0 Å². The molecule has 6 nitrogen and oxygen atoms in total. The van der Waals surface area contributed by atoms with Gasteiger partial charge in [0.25, 0.3) is 0 Å². The van der Waals surface area contributed by atoms with Crippen LogP contribution in [0.1, 0.15) is 21.5 Å². The van der Waals surface area contributed by atoms with Crippen molar-refractivity contribution >= 4 is 63.0 Å². The summed E-state index contributed by atoms with van der Waals surface area (Å²) in [6, 6.07) is 7.87. The van der Waals surface area contributed by atoms with Crippen LogP contribution in [0.15, 0.2) is 55.2 Å². The molecule has 30 heavy (non-hydrogen) atoms. The first-order valence-electron chi connectivity index (χ1n) is 8.24. The molecule has 0 aliphatic rings. The summed E-state index contributed by atoms with van der Waals surface area (Å²) in [4.78, 5) is 33.9. The van der Waals surface area contributed by atoms with Gasteiger partial charge in [-0.2, -0.15) is 5.26 Å². The van der Waals surface area contributed by atoms with Crippen molar-refractivity contribution in [2.75, 3.05) is 0 Å². The van der Waals surface area contributed by atoms with Gasteiger partial charge >= 0.3 is 0 Å². The molecule has 150 valence electrons. The van der Waals surface area contributed by atoms with Crippen LogP contribution in [0.25, 0.3) is 21.9 Å². The SMILES string of the molecule is Cc1cc2occ(C#N)c(=O)c2cc1Cl.O=Cc1coc2c(Cl)cc(Cl)cc2c1=O. The standard InChI is InChI=1S/C11H6ClNO2.C10H4Cl2O3/c1-6-2-10-8(3-9(6)12)11(14)7(4-13)5-15-10;11-6-1-7-9(14)5(3-13)4-15-10(7)8(12)2-6/h2-3,5H,1H3;1-4H. The highest BCUT2D eigenvalue weighted by molar-refractivity contribution is 6.38. The summed E-state index contributed by atoms with van der Waals surface area (Å²) in [6.07, 6.45) is 2.68. The molecule has 0 atom stereocenters. The molecule has 0 N–H and O–H groups in total. The first kappa shape index (κ1) is 21.6. The molecular formula is C21H10Cl3NO5. The van der Waals surface area contributed by atoms with Crippen molar-refractivity contribution in [1.82, 2.24) is 0 Å². The number of hydrogen-bond acceptors (Lipinski definition) is 6. The molecule has 2 aromatic carbocycles. The van der Waals surface area contributed by atoms with Gasteiger partial charge in [-0.25, -0.2) is 0 Å². The molecule has 0 aliphatic heterocycles. The molecule has 0 fully saturated rings. The van der Waals surface area contributed by atoms with Crippen molar-refractivity contribution in [3.63, 3.8) is 0 Å². The van der Waals surface area contributed by atoms with Gasteiger partial charge < -0.3 is 8.83 Å². The van der Waals surface area contributed by atoms with Crippen LogP contribution >= 0.6 is 34.8 Å². The highest BCUT2D eigenvalue weighted by Crippen LogP contribution is 2.26. The van der Waals surface area contributed by atoms with Crippen molar-refractivity contribution in [2.24, 2.45) is 0 Å². The second-order valence-corrected chi connectivity index (χ2v) is 7.34. The number of carbonyl (C=O) groups is 1. The minimum atomic E-state index is -0.435. The Labute approximate surface area is 183 Å². The number of aldehydes is 1. The van der Waals surface area contributed by atoms with Crippen LogP contribution in [0.2, 0.25) is 15.1 Å². The van der Waals surface area contributed by atoms with Crippen LogP contribution < -0.4 is 10.9 Å². The van der Waals surface area contributed by atoms with E-state index in [1.165, 1.54) is 18.2 Å². The van der Waals surface area contributed by atoms with Gasteiger partial charge in [-0.3, -0.25) is 14.4 Å². The van der Waals surface area contributed by atoms with E-state index in [1.54, 1.807) is 12.1 Å². The zero-order chi connectivity index (χ0) is 22.0. The Balaban J connectivity index is 0.000000171. The molecule has 4 aromatic rings. The van der Waals surface area contributed by atoms with Gasteiger partial charge in [-0.1, -0.05) is 34.8 Å². The number of nitriles is 1. The van der Waals surface area contributed by atoms with E-state index >= 15 is 0 Å². The molecule has 0 aliphatic carbocycles. The third kappa shape index (κ3) is 4.10. The largest absolute Gasteiger partial charge is 0.463 e. The van der Waals surface area contributed by atoms with Crippen molar-refractivity contribution < 1.29 is 13.6 Å². The number of carbonyl (C=O) groups excluding carboxylic acids is 1. The van der Waals surface area contributed by atoms with Gasteiger partial charge in [0, 0.05) is 10.0 Å². The minimum Gasteiger partial charge on any atom is -0.463 e. The summed E-state index contributed by atoms with van der Waals surface area (Å²) in [5.74, 6) is 0. The van der Waals surface area contributed by atoms with E-state index < -0.39 is 5.43 Å². The van der Waals surface area contributed by atoms with Crippen LogP contribution in [0.3, 0.4) is 0 Å². The predicted octanol–water partition coefficient (Wildman–Crippen LogP) is 5.54. The van der Waals surface area contributed by atoms with Crippen LogP contribution in [-0.4, -0.2) is 6.29 Å². The molecule has 0 amide bonds. The van der Waals surface area contributed by atoms with Crippen LogP contribution in [-0.2, 0) is 0 Å². The average Bonchev–Trinajstić information content (AvgIpc) is 2.71. The second kappa shape index (κ2) is 8.72. The van der Waals surface area contributed by atoms with E-state index in [2.05, 4.69) is 0 Å². The van der Waals surface area contributed by atoms with Crippen molar-refractivity contribution in [3.8, 4) is 6.07 Å². The topological polar surface area (TPSA) is 101 Å². The number of halogens is 3. The van der Waals surface area contributed by atoms with E-state index in [4.69, 9.17) is 48.9 Å². The van der Waals surface area contributed by atoms with Gasteiger partial charge in [0.15, 0.2) is 11.9 Å². The molecule has 0 spiro atoms. The Hall–Kier alpha value is -3.11. The number of nitrogens with zero attached hydrogens (tertiary/aromatic N) is 1. The zero-order valence-electron chi connectivity index (χ0n) is 15.2. The lowest BCUT2D eigenvalue weighted by Crippen LogP contribution is -2.07.